The van der Waals surface area contributed by atoms with Crippen LogP contribution >= 0.6 is 0 Å². The van der Waals surface area contributed by atoms with Gasteiger partial charge in [0, 0.05) is 44.1 Å². The van der Waals surface area contributed by atoms with Crippen LogP contribution in [0.15, 0.2) is 24.3 Å². The first-order valence-corrected chi connectivity index (χ1v) is 10.6. The zero-order valence-corrected chi connectivity index (χ0v) is 17.2. The Morgan fingerprint density at radius 2 is 1.97 bits per heavy atom. The van der Waals surface area contributed by atoms with Crippen LogP contribution in [0.4, 0.5) is 5.69 Å². The first-order valence-electron chi connectivity index (χ1n) is 10.6. The third kappa shape index (κ3) is 4.32. The van der Waals surface area contributed by atoms with Crippen LogP contribution in [-0.2, 0) is 14.3 Å². The molecule has 3 fully saturated rings. The van der Waals surface area contributed by atoms with E-state index in [-0.39, 0.29) is 42.5 Å². The summed E-state index contributed by atoms with van der Waals surface area (Å²) in [6.45, 7) is 1.74. The maximum atomic E-state index is 13.2. The van der Waals surface area contributed by atoms with Gasteiger partial charge in [0.05, 0.1) is 25.4 Å². The molecule has 2 heterocycles. The van der Waals surface area contributed by atoms with E-state index in [0.29, 0.717) is 23.8 Å². The number of nitrogens with one attached hydrogen (secondary N) is 2. The van der Waals surface area contributed by atoms with Crippen molar-refractivity contribution in [1.82, 2.24) is 10.2 Å². The quantitative estimate of drug-likeness (QED) is 0.782. The number of ketones is 1. The van der Waals surface area contributed by atoms with Gasteiger partial charge in [0.2, 0.25) is 5.91 Å². The molecule has 5 unspecified atom stereocenters. The zero-order valence-electron chi connectivity index (χ0n) is 17.2. The SMILES string of the molecule is COc1ccccc1NC(=O)CN1CCC2NC3CCC(OC)CC3C(=O)C2C1. The topological polar surface area (TPSA) is 79.9 Å². The van der Waals surface area contributed by atoms with Gasteiger partial charge >= 0.3 is 0 Å². The number of ether oxygens (including phenoxy) is 2. The number of amides is 1. The Bertz CT molecular complexity index is 755. The Balaban J connectivity index is 1.36. The van der Waals surface area contributed by atoms with Gasteiger partial charge in [-0.05, 0) is 37.8 Å². The summed E-state index contributed by atoms with van der Waals surface area (Å²) in [5.41, 5.74) is 0.668. The van der Waals surface area contributed by atoms with Crippen LogP contribution in [0, 0.1) is 11.8 Å². The molecule has 0 radical (unpaired) electrons. The van der Waals surface area contributed by atoms with Gasteiger partial charge in [-0.25, -0.2) is 0 Å². The monoisotopic (exact) mass is 401 g/mol. The van der Waals surface area contributed by atoms with Gasteiger partial charge in [-0.3, -0.25) is 14.5 Å². The summed E-state index contributed by atoms with van der Waals surface area (Å²) >= 11 is 0. The third-order valence-corrected chi connectivity index (χ3v) is 6.74. The highest BCUT2D eigenvalue weighted by atomic mass is 16.5. The minimum atomic E-state index is -0.0841. The second-order valence-electron chi connectivity index (χ2n) is 8.44. The van der Waals surface area contributed by atoms with Crippen molar-refractivity contribution >= 4 is 17.4 Å². The highest BCUT2D eigenvalue weighted by Crippen LogP contribution is 2.36. The smallest absolute Gasteiger partial charge is 0.238 e. The zero-order chi connectivity index (χ0) is 20.4. The number of carbonyl (C=O) groups excluding carboxylic acids is 2. The number of methoxy groups -OCH3 is 2. The van der Waals surface area contributed by atoms with Crippen molar-refractivity contribution in [2.24, 2.45) is 11.8 Å². The van der Waals surface area contributed by atoms with Crippen LogP contribution < -0.4 is 15.4 Å². The minimum Gasteiger partial charge on any atom is -0.495 e. The molecule has 1 aromatic carbocycles. The third-order valence-electron chi connectivity index (χ3n) is 6.74. The molecule has 4 rings (SSSR count). The predicted octanol–water partition coefficient (Wildman–Crippen LogP) is 1.68. The summed E-state index contributed by atoms with van der Waals surface area (Å²) in [6, 6.07) is 7.90. The molecule has 2 N–H and O–H groups in total. The average molecular weight is 402 g/mol. The van der Waals surface area contributed by atoms with E-state index in [1.807, 2.05) is 24.3 Å². The number of piperidine rings is 2. The standard InChI is InChI=1S/C22H31N3O4/c1-28-14-7-8-17-15(11-14)22(27)16-12-25(10-9-18(16)23-17)13-21(26)24-19-5-3-4-6-20(19)29-2/h3-6,14-18,23H,7-13H2,1-2H3,(H,24,26). The maximum absolute atomic E-state index is 13.2. The number of para-hydroxylation sites is 2. The fourth-order valence-corrected chi connectivity index (χ4v) is 5.20. The van der Waals surface area contributed by atoms with E-state index < -0.39 is 0 Å². The number of Topliss-reactive ketones (excluding diaryl/α,β-unsaturated/α-hetero) is 1. The summed E-state index contributed by atoms with van der Waals surface area (Å²) in [6.07, 6.45) is 3.91. The van der Waals surface area contributed by atoms with E-state index in [9.17, 15) is 9.59 Å². The van der Waals surface area contributed by atoms with Gasteiger partial charge < -0.3 is 20.1 Å². The van der Waals surface area contributed by atoms with Gasteiger partial charge in [-0.1, -0.05) is 12.1 Å². The number of rotatable bonds is 5. The normalized spacial score (nSPS) is 32.2. The second-order valence-corrected chi connectivity index (χ2v) is 8.44. The second kappa shape index (κ2) is 8.81. The molecule has 7 heteroatoms. The Kier molecular flexibility index (Phi) is 6.18. The summed E-state index contributed by atoms with van der Waals surface area (Å²) < 4.78 is 10.8. The average Bonchev–Trinajstić information content (AvgIpc) is 2.74. The number of nitrogens with zero attached hydrogens (tertiary/aromatic N) is 1. The van der Waals surface area contributed by atoms with Crippen LogP contribution in [-0.4, -0.2) is 68.6 Å². The summed E-state index contributed by atoms with van der Waals surface area (Å²) in [5.74, 6) is 0.911. The first-order chi connectivity index (χ1) is 14.1. The number of anilines is 1. The van der Waals surface area contributed by atoms with E-state index in [0.717, 1.165) is 32.2 Å². The van der Waals surface area contributed by atoms with Gasteiger partial charge in [0.15, 0.2) is 0 Å². The molecule has 29 heavy (non-hydrogen) atoms. The molecule has 0 bridgehead atoms. The Morgan fingerprint density at radius 1 is 1.17 bits per heavy atom. The lowest BCUT2D eigenvalue weighted by molar-refractivity contribution is -0.138. The van der Waals surface area contributed by atoms with Crippen molar-refractivity contribution in [3.63, 3.8) is 0 Å². The van der Waals surface area contributed by atoms with E-state index >= 15 is 0 Å². The molecule has 7 nitrogen and oxygen atoms in total. The molecule has 2 aliphatic heterocycles. The largest absolute Gasteiger partial charge is 0.495 e. The molecule has 5 atom stereocenters. The van der Waals surface area contributed by atoms with Gasteiger partial charge in [0.25, 0.3) is 0 Å². The fraction of sp³-hybridized carbons (Fsp3) is 0.636. The lowest BCUT2D eigenvalue weighted by Crippen LogP contribution is -2.64. The van der Waals surface area contributed by atoms with Crippen LogP contribution in [0.5, 0.6) is 5.75 Å². The number of carbonyl (C=O) groups is 2. The van der Waals surface area contributed by atoms with Crippen LogP contribution in [0.1, 0.15) is 25.7 Å². The number of likely N-dealkylation sites (tertiary alicyclic amines) is 1. The van der Waals surface area contributed by atoms with Crippen LogP contribution in [0.2, 0.25) is 0 Å². The number of hydrogen-bond acceptors (Lipinski definition) is 6. The Morgan fingerprint density at radius 3 is 2.76 bits per heavy atom. The molecule has 1 aliphatic carbocycles. The molecule has 0 aromatic heterocycles. The van der Waals surface area contributed by atoms with Gasteiger partial charge in [0.1, 0.15) is 11.5 Å². The van der Waals surface area contributed by atoms with Crippen molar-refractivity contribution < 1.29 is 19.1 Å². The van der Waals surface area contributed by atoms with Crippen LogP contribution in [0.25, 0.3) is 0 Å². The molecule has 1 amide bonds. The summed E-state index contributed by atoms with van der Waals surface area (Å²) in [7, 11) is 3.32. The molecular formula is C22H31N3O4. The molecule has 1 saturated carbocycles. The molecule has 2 saturated heterocycles. The molecule has 0 spiro atoms. The Hall–Kier alpha value is -1.96. The van der Waals surface area contributed by atoms with Gasteiger partial charge in [-0.15, -0.1) is 0 Å². The van der Waals surface area contributed by atoms with Crippen molar-refractivity contribution in [3.05, 3.63) is 24.3 Å². The van der Waals surface area contributed by atoms with E-state index in [1.165, 1.54) is 0 Å². The lowest BCUT2D eigenvalue weighted by atomic mass is 9.70. The Labute approximate surface area is 172 Å². The predicted molar refractivity (Wildman–Crippen MR) is 110 cm³/mol. The fourth-order valence-electron chi connectivity index (χ4n) is 5.20. The summed E-state index contributed by atoms with van der Waals surface area (Å²) in [5, 5.41) is 6.67. The van der Waals surface area contributed by atoms with Crippen molar-refractivity contribution in [2.45, 2.75) is 43.9 Å². The minimum absolute atomic E-state index is 0.0392. The number of benzene rings is 1. The molecular weight excluding hydrogens is 370 g/mol. The highest BCUT2D eigenvalue weighted by molar-refractivity contribution is 5.93. The van der Waals surface area contributed by atoms with E-state index in [4.69, 9.17) is 9.47 Å². The molecule has 3 aliphatic rings. The highest BCUT2D eigenvalue weighted by Gasteiger charge is 2.47. The van der Waals surface area contributed by atoms with Crippen molar-refractivity contribution in [1.29, 1.82) is 0 Å². The van der Waals surface area contributed by atoms with E-state index in [1.54, 1.807) is 14.2 Å². The summed E-state index contributed by atoms with van der Waals surface area (Å²) in [4.78, 5) is 27.9. The van der Waals surface area contributed by atoms with Crippen molar-refractivity contribution in [3.8, 4) is 5.75 Å². The van der Waals surface area contributed by atoms with Crippen LogP contribution in [0.3, 0.4) is 0 Å². The molecule has 158 valence electrons. The maximum Gasteiger partial charge on any atom is 0.238 e. The van der Waals surface area contributed by atoms with Gasteiger partial charge in [-0.2, -0.15) is 0 Å². The van der Waals surface area contributed by atoms with Crippen molar-refractivity contribution in [2.75, 3.05) is 39.2 Å². The first kappa shape index (κ1) is 20.3. The molecule has 1 aromatic rings. The lowest BCUT2D eigenvalue weighted by Gasteiger charge is -2.48. The number of fused-ring (bicyclic) bond motifs is 2. The number of hydrogen-bond donors (Lipinski definition) is 2. The van der Waals surface area contributed by atoms with E-state index in [2.05, 4.69) is 15.5 Å².